The molecule has 194 valence electrons. The van der Waals surface area contributed by atoms with Gasteiger partial charge >= 0.3 is 11.9 Å². The first-order chi connectivity index (χ1) is 16.4. The van der Waals surface area contributed by atoms with Gasteiger partial charge in [0.2, 0.25) is 23.6 Å². The molecule has 10 N–H and O–H groups in total. The highest BCUT2D eigenvalue weighted by atomic mass is 32.2. The quantitative estimate of drug-likeness (QED) is 0.109. The summed E-state index contributed by atoms with van der Waals surface area (Å²) in [7, 11) is 0. The Balaban J connectivity index is 3.05. The number of imidazole rings is 1. The molecule has 1 aromatic heterocycles. The van der Waals surface area contributed by atoms with Crippen molar-refractivity contribution in [3.8, 4) is 0 Å². The summed E-state index contributed by atoms with van der Waals surface area (Å²) in [5.41, 5.74) is 11.0. The number of hydrogen-bond acceptors (Lipinski definition) is 9. The molecular formula is C19H29N7O8S. The lowest BCUT2D eigenvalue weighted by atomic mass is 10.1. The molecule has 0 saturated heterocycles. The second-order valence-electron chi connectivity index (χ2n) is 7.46. The standard InChI is InChI=1S/C19H29N7O8S/c1-35-3-2-11(24-16(30)10(20)5-15(28)29)17(31)25-12(4-9-7-22-8-23-9)18(32)26-13(19(33)34)6-14(21)27/h7-8,10-13H,2-6,20H2,1H3,(H2,21,27)(H,22,23)(H,24,30)(H,25,31)(H,26,32)(H,28,29)(H,33,34). The molecule has 1 heterocycles. The summed E-state index contributed by atoms with van der Waals surface area (Å²) in [6, 6.07) is -5.50. The molecule has 0 bridgehead atoms. The topological polar surface area (TPSA) is 260 Å². The van der Waals surface area contributed by atoms with Crippen molar-refractivity contribution in [2.75, 3.05) is 12.0 Å². The van der Waals surface area contributed by atoms with E-state index in [0.717, 1.165) is 0 Å². The lowest BCUT2D eigenvalue weighted by Crippen LogP contribution is -2.58. The molecule has 0 radical (unpaired) electrons. The van der Waals surface area contributed by atoms with Crippen LogP contribution in [0.5, 0.6) is 0 Å². The SMILES string of the molecule is CSCCC(NC(=O)C(N)CC(=O)O)C(=O)NC(Cc1cnc[nH]1)C(=O)NC(CC(N)=O)C(=O)O. The van der Waals surface area contributed by atoms with Crippen molar-refractivity contribution in [3.05, 3.63) is 18.2 Å². The van der Waals surface area contributed by atoms with Crippen molar-refractivity contribution in [2.45, 2.75) is 49.9 Å². The number of nitrogens with two attached hydrogens (primary N) is 2. The maximum absolute atomic E-state index is 13.0. The van der Waals surface area contributed by atoms with Gasteiger partial charge in [-0.05, 0) is 18.4 Å². The Morgan fingerprint density at radius 1 is 1.00 bits per heavy atom. The van der Waals surface area contributed by atoms with Crippen LogP contribution in [0.25, 0.3) is 0 Å². The van der Waals surface area contributed by atoms with E-state index in [4.69, 9.17) is 16.6 Å². The highest BCUT2D eigenvalue weighted by Gasteiger charge is 2.31. The Morgan fingerprint density at radius 2 is 1.60 bits per heavy atom. The minimum Gasteiger partial charge on any atom is -0.481 e. The number of aromatic nitrogens is 2. The van der Waals surface area contributed by atoms with Gasteiger partial charge in [0.1, 0.15) is 18.1 Å². The predicted octanol–water partition coefficient (Wildman–Crippen LogP) is -3.08. The second kappa shape index (κ2) is 14.6. The van der Waals surface area contributed by atoms with E-state index in [0.29, 0.717) is 11.4 Å². The van der Waals surface area contributed by atoms with Gasteiger partial charge < -0.3 is 42.6 Å². The van der Waals surface area contributed by atoms with Crippen LogP contribution in [0.2, 0.25) is 0 Å². The molecule has 0 fully saturated rings. The van der Waals surface area contributed by atoms with E-state index < -0.39 is 72.6 Å². The van der Waals surface area contributed by atoms with E-state index in [2.05, 4.69) is 25.9 Å². The smallest absolute Gasteiger partial charge is 0.326 e. The maximum atomic E-state index is 13.0. The number of carboxylic acid groups (broad SMARTS) is 2. The lowest BCUT2D eigenvalue weighted by Gasteiger charge is -2.24. The van der Waals surface area contributed by atoms with Crippen LogP contribution in [0.4, 0.5) is 0 Å². The van der Waals surface area contributed by atoms with Crippen molar-refractivity contribution >= 4 is 47.3 Å². The molecule has 0 aliphatic carbocycles. The zero-order valence-corrected chi connectivity index (χ0v) is 19.7. The molecule has 4 atom stereocenters. The predicted molar refractivity (Wildman–Crippen MR) is 123 cm³/mol. The summed E-state index contributed by atoms with van der Waals surface area (Å²) in [5.74, 6) is -5.88. The average Bonchev–Trinajstić information content (AvgIpc) is 3.27. The zero-order valence-electron chi connectivity index (χ0n) is 18.9. The number of nitrogens with one attached hydrogen (secondary N) is 4. The molecule has 4 unspecified atom stereocenters. The molecule has 1 rings (SSSR count). The Hall–Kier alpha value is -3.66. The molecule has 16 heteroatoms. The number of primary amides is 1. The Bertz CT molecular complexity index is 911. The number of thioether (sulfide) groups is 1. The number of rotatable bonds is 16. The van der Waals surface area contributed by atoms with Gasteiger partial charge in [0.25, 0.3) is 0 Å². The molecular weight excluding hydrogens is 486 g/mol. The number of nitrogens with zero attached hydrogens (tertiary/aromatic N) is 1. The van der Waals surface area contributed by atoms with Crippen molar-refractivity contribution in [2.24, 2.45) is 11.5 Å². The molecule has 4 amide bonds. The van der Waals surface area contributed by atoms with E-state index in [1.165, 1.54) is 24.3 Å². The third kappa shape index (κ3) is 10.9. The molecule has 0 aliphatic rings. The fraction of sp³-hybridized carbons (Fsp3) is 0.526. The number of carbonyl (C=O) groups excluding carboxylic acids is 4. The van der Waals surface area contributed by atoms with Crippen molar-refractivity contribution in [3.63, 3.8) is 0 Å². The van der Waals surface area contributed by atoms with Crippen LogP contribution in [0, 0.1) is 0 Å². The summed E-state index contributed by atoms with van der Waals surface area (Å²) in [6.07, 6.45) is 3.20. The molecule has 15 nitrogen and oxygen atoms in total. The molecule has 0 spiro atoms. The molecule has 1 aromatic rings. The van der Waals surface area contributed by atoms with Gasteiger partial charge in [0.05, 0.1) is 25.2 Å². The van der Waals surface area contributed by atoms with Crippen LogP contribution >= 0.6 is 11.8 Å². The van der Waals surface area contributed by atoms with Crippen LogP contribution in [0.3, 0.4) is 0 Å². The van der Waals surface area contributed by atoms with Crippen LogP contribution in [-0.2, 0) is 35.2 Å². The van der Waals surface area contributed by atoms with E-state index in [1.807, 2.05) is 0 Å². The largest absolute Gasteiger partial charge is 0.481 e. The highest BCUT2D eigenvalue weighted by molar-refractivity contribution is 7.98. The molecule has 0 aliphatic heterocycles. The number of carboxylic acids is 2. The van der Waals surface area contributed by atoms with Crippen molar-refractivity contribution < 1.29 is 39.0 Å². The van der Waals surface area contributed by atoms with Crippen LogP contribution in [-0.4, -0.2) is 91.9 Å². The van der Waals surface area contributed by atoms with Gasteiger partial charge in [0.15, 0.2) is 0 Å². The maximum Gasteiger partial charge on any atom is 0.326 e. The summed E-state index contributed by atoms with van der Waals surface area (Å²) in [5, 5.41) is 25.1. The fourth-order valence-corrected chi connectivity index (χ4v) is 3.31. The molecule has 0 aromatic carbocycles. The van der Waals surface area contributed by atoms with Crippen LogP contribution < -0.4 is 27.4 Å². The van der Waals surface area contributed by atoms with E-state index in [1.54, 1.807) is 6.26 Å². The van der Waals surface area contributed by atoms with Gasteiger partial charge in [-0.15, -0.1) is 0 Å². The van der Waals surface area contributed by atoms with Crippen LogP contribution in [0.1, 0.15) is 25.0 Å². The Morgan fingerprint density at radius 3 is 2.11 bits per heavy atom. The summed E-state index contributed by atoms with van der Waals surface area (Å²) in [6.45, 7) is 0. The number of hydrogen-bond donors (Lipinski definition) is 8. The van der Waals surface area contributed by atoms with Gasteiger partial charge in [-0.25, -0.2) is 9.78 Å². The monoisotopic (exact) mass is 515 g/mol. The van der Waals surface area contributed by atoms with Crippen molar-refractivity contribution in [1.29, 1.82) is 0 Å². The first-order valence-corrected chi connectivity index (χ1v) is 11.7. The van der Waals surface area contributed by atoms with E-state index in [-0.39, 0.29) is 12.8 Å². The normalized spacial score (nSPS) is 14.1. The minimum absolute atomic E-state index is 0.123. The van der Waals surface area contributed by atoms with Crippen molar-refractivity contribution in [1.82, 2.24) is 25.9 Å². The molecule has 0 saturated carbocycles. The number of aliphatic carboxylic acids is 2. The van der Waals surface area contributed by atoms with E-state index in [9.17, 15) is 33.9 Å². The van der Waals surface area contributed by atoms with E-state index >= 15 is 0 Å². The summed E-state index contributed by atoms with van der Waals surface area (Å²) < 4.78 is 0. The first kappa shape index (κ1) is 29.4. The zero-order chi connectivity index (χ0) is 26.5. The number of H-pyrrole nitrogens is 1. The third-order valence-electron chi connectivity index (χ3n) is 4.61. The highest BCUT2D eigenvalue weighted by Crippen LogP contribution is 2.06. The summed E-state index contributed by atoms with van der Waals surface area (Å²) in [4.78, 5) is 78.0. The van der Waals surface area contributed by atoms with Gasteiger partial charge in [0, 0.05) is 18.3 Å². The number of carbonyl (C=O) groups is 6. The van der Waals surface area contributed by atoms with Gasteiger partial charge in [-0.1, -0.05) is 0 Å². The van der Waals surface area contributed by atoms with Crippen LogP contribution in [0.15, 0.2) is 12.5 Å². The minimum atomic E-state index is -1.62. The second-order valence-corrected chi connectivity index (χ2v) is 8.44. The average molecular weight is 516 g/mol. The Labute approximate surface area is 204 Å². The number of aromatic amines is 1. The summed E-state index contributed by atoms with van der Waals surface area (Å²) >= 11 is 1.38. The third-order valence-corrected chi connectivity index (χ3v) is 5.25. The van der Waals surface area contributed by atoms with Gasteiger partial charge in [-0.2, -0.15) is 11.8 Å². The Kier molecular flexibility index (Phi) is 12.2. The number of amides is 4. The fourth-order valence-electron chi connectivity index (χ4n) is 2.84. The molecule has 35 heavy (non-hydrogen) atoms. The first-order valence-electron chi connectivity index (χ1n) is 10.3. The lowest BCUT2D eigenvalue weighted by molar-refractivity contribution is -0.143. The van der Waals surface area contributed by atoms with Gasteiger partial charge in [-0.3, -0.25) is 24.0 Å².